The predicted octanol–water partition coefficient (Wildman–Crippen LogP) is 8.82. The number of benzene rings is 3. The van der Waals surface area contributed by atoms with Gasteiger partial charge in [-0.05, 0) is 48.9 Å². The van der Waals surface area contributed by atoms with Gasteiger partial charge in [0, 0.05) is 11.6 Å². The zero-order chi connectivity index (χ0) is 26.5. The molecule has 8 heteroatoms. The highest BCUT2D eigenvalue weighted by Crippen LogP contribution is 2.43. The van der Waals surface area contributed by atoms with E-state index >= 15 is 4.39 Å². The Morgan fingerprint density at radius 3 is 2.08 bits per heavy atom. The summed E-state index contributed by atoms with van der Waals surface area (Å²) in [5, 5.41) is 10.1. The van der Waals surface area contributed by atoms with Crippen LogP contribution in [-0.4, -0.2) is 5.11 Å². The van der Waals surface area contributed by atoms with Crippen molar-refractivity contribution in [3.63, 3.8) is 0 Å². The van der Waals surface area contributed by atoms with Gasteiger partial charge >= 0.3 is 6.11 Å². The molecule has 0 bridgehead atoms. The molecule has 3 rings (SSSR count). The second kappa shape index (κ2) is 11.7. The topological polar surface area (TPSA) is 29.5 Å². The monoisotopic (exact) mass is 510 g/mol. The maximum Gasteiger partial charge on any atom is 0.432 e. The number of phenols is 1. The molecule has 0 spiro atoms. The molecule has 0 unspecified atom stereocenters. The van der Waals surface area contributed by atoms with Gasteiger partial charge in [-0.15, -0.1) is 0 Å². The van der Waals surface area contributed by atoms with Crippen molar-refractivity contribution in [1.29, 1.82) is 0 Å². The maximum atomic E-state index is 15.3. The quantitative estimate of drug-likeness (QED) is 0.206. The van der Waals surface area contributed by atoms with Gasteiger partial charge in [-0.25, -0.2) is 17.6 Å². The number of aryl methyl sites for hydroxylation is 2. The van der Waals surface area contributed by atoms with E-state index in [4.69, 9.17) is 0 Å². The number of rotatable bonds is 11. The predicted molar refractivity (Wildman–Crippen MR) is 126 cm³/mol. The Balaban J connectivity index is 1.99. The van der Waals surface area contributed by atoms with E-state index in [0.29, 0.717) is 6.42 Å². The fourth-order valence-electron chi connectivity index (χ4n) is 3.97. The fraction of sp³-hybridized carbons (Fsp3) is 0.357. The minimum absolute atomic E-state index is 0.0305. The first-order chi connectivity index (χ1) is 17.1. The van der Waals surface area contributed by atoms with Crippen LogP contribution in [0.15, 0.2) is 42.5 Å². The average molecular weight is 511 g/mol. The molecule has 0 aliphatic heterocycles. The van der Waals surface area contributed by atoms with Crippen LogP contribution in [0.25, 0.3) is 11.1 Å². The normalized spacial score (nSPS) is 11.7. The summed E-state index contributed by atoms with van der Waals surface area (Å²) in [4.78, 5) is 0. The standard InChI is InChI=1S/C28H28F6O2/c1-3-5-7-9-18-12-15-20(26(31)25(18)30)23-22(35)16-21(29)24(27(23)32)28(33,34)36-19-13-10-17(11-14-19)8-6-4-2/h10-16,35H,3-9H2,1-2H3. The first-order valence-electron chi connectivity index (χ1n) is 11.9. The van der Waals surface area contributed by atoms with Gasteiger partial charge in [-0.2, -0.15) is 8.78 Å². The number of hydrogen-bond acceptors (Lipinski definition) is 2. The van der Waals surface area contributed by atoms with Crippen LogP contribution < -0.4 is 4.74 Å². The molecule has 3 aromatic rings. The van der Waals surface area contributed by atoms with Crippen LogP contribution in [0.5, 0.6) is 11.5 Å². The van der Waals surface area contributed by atoms with Crippen LogP contribution in [0.4, 0.5) is 26.3 Å². The second-order valence-corrected chi connectivity index (χ2v) is 8.67. The molecule has 36 heavy (non-hydrogen) atoms. The summed E-state index contributed by atoms with van der Waals surface area (Å²) in [7, 11) is 0. The van der Waals surface area contributed by atoms with Gasteiger partial charge in [0.1, 0.15) is 22.9 Å². The van der Waals surface area contributed by atoms with E-state index < -0.39 is 51.8 Å². The maximum absolute atomic E-state index is 15.3. The lowest BCUT2D eigenvalue weighted by Crippen LogP contribution is -2.25. The van der Waals surface area contributed by atoms with Crippen LogP contribution in [0.2, 0.25) is 0 Å². The minimum atomic E-state index is -4.52. The smallest absolute Gasteiger partial charge is 0.432 e. The molecule has 0 aliphatic carbocycles. The molecule has 0 saturated carbocycles. The molecular weight excluding hydrogens is 482 g/mol. The molecule has 0 saturated heterocycles. The number of ether oxygens (including phenoxy) is 1. The lowest BCUT2D eigenvalue weighted by atomic mass is 9.96. The van der Waals surface area contributed by atoms with E-state index in [2.05, 4.69) is 4.74 Å². The Morgan fingerprint density at radius 1 is 0.778 bits per heavy atom. The highest BCUT2D eigenvalue weighted by atomic mass is 19.3. The van der Waals surface area contributed by atoms with Crippen molar-refractivity contribution in [2.75, 3.05) is 0 Å². The van der Waals surface area contributed by atoms with Gasteiger partial charge in [0.15, 0.2) is 17.5 Å². The zero-order valence-electron chi connectivity index (χ0n) is 20.1. The van der Waals surface area contributed by atoms with E-state index in [1.807, 2.05) is 13.8 Å². The summed E-state index contributed by atoms with van der Waals surface area (Å²) in [5.41, 5.74) is -2.80. The third kappa shape index (κ3) is 5.97. The summed E-state index contributed by atoms with van der Waals surface area (Å²) in [6.45, 7) is 3.95. The SMILES string of the molecule is CCCCCc1ccc(-c2c(O)cc(F)c(C(F)(F)Oc3ccc(CCCC)cc3)c2F)c(F)c1F. The molecule has 0 atom stereocenters. The average Bonchev–Trinajstić information content (AvgIpc) is 2.82. The van der Waals surface area contributed by atoms with Gasteiger partial charge in [-0.1, -0.05) is 57.4 Å². The third-order valence-corrected chi connectivity index (χ3v) is 5.96. The minimum Gasteiger partial charge on any atom is -0.507 e. The molecular formula is C28H28F6O2. The Labute approximate surface area is 206 Å². The number of alkyl halides is 2. The van der Waals surface area contributed by atoms with Crippen molar-refractivity contribution in [1.82, 2.24) is 0 Å². The molecule has 0 heterocycles. The Bertz CT molecular complexity index is 1190. The number of aromatic hydroxyl groups is 1. The molecule has 0 aromatic heterocycles. The van der Waals surface area contributed by atoms with E-state index in [-0.39, 0.29) is 23.8 Å². The Kier molecular flexibility index (Phi) is 8.93. The van der Waals surface area contributed by atoms with Gasteiger partial charge in [-0.3, -0.25) is 0 Å². The summed E-state index contributed by atoms with van der Waals surface area (Å²) >= 11 is 0. The largest absolute Gasteiger partial charge is 0.507 e. The number of phenolic OH excluding ortho intramolecular Hbond substituents is 1. The van der Waals surface area contributed by atoms with E-state index in [0.717, 1.165) is 43.7 Å². The summed E-state index contributed by atoms with van der Waals surface area (Å²) in [6, 6.07) is 8.04. The van der Waals surface area contributed by atoms with Crippen molar-refractivity contribution < 1.29 is 36.2 Å². The van der Waals surface area contributed by atoms with Crippen LogP contribution in [-0.2, 0) is 19.0 Å². The molecule has 0 aliphatic rings. The number of hydrogen-bond donors (Lipinski definition) is 1. The van der Waals surface area contributed by atoms with E-state index in [9.17, 15) is 27.1 Å². The first-order valence-corrected chi connectivity index (χ1v) is 11.9. The Hall–Kier alpha value is -3.16. The molecule has 1 N–H and O–H groups in total. The molecule has 194 valence electrons. The van der Waals surface area contributed by atoms with E-state index in [1.165, 1.54) is 18.2 Å². The lowest BCUT2D eigenvalue weighted by molar-refractivity contribution is -0.189. The van der Waals surface area contributed by atoms with Gasteiger partial charge < -0.3 is 9.84 Å². The molecule has 3 aromatic carbocycles. The van der Waals surface area contributed by atoms with Crippen LogP contribution in [0.3, 0.4) is 0 Å². The lowest BCUT2D eigenvalue weighted by Gasteiger charge is -2.21. The Morgan fingerprint density at radius 2 is 1.44 bits per heavy atom. The summed E-state index contributed by atoms with van der Waals surface area (Å²) < 4.78 is 93.8. The van der Waals surface area contributed by atoms with Crippen LogP contribution in [0.1, 0.15) is 62.6 Å². The van der Waals surface area contributed by atoms with Crippen molar-refractivity contribution in [2.24, 2.45) is 0 Å². The fourth-order valence-corrected chi connectivity index (χ4v) is 3.97. The molecule has 0 amide bonds. The van der Waals surface area contributed by atoms with E-state index in [1.54, 1.807) is 12.1 Å². The van der Waals surface area contributed by atoms with Gasteiger partial charge in [0.2, 0.25) is 0 Å². The second-order valence-electron chi connectivity index (χ2n) is 8.67. The van der Waals surface area contributed by atoms with Gasteiger partial charge in [0.05, 0.1) is 5.56 Å². The van der Waals surface area contributed by atoms with Crippen molar-refractivity contribution in [3.8, 4) is 22.6 Å². The van der Waals surface area contributed by atoms with Crippen molar-refractivity contribution >= 4 is 0 Å². The number of halogens is 6. The van der Waals surface area contributed by atoms with Crippen molar-refractivity contribution in [3.05, 3.63) is 82.4 Å². The summed E-state index contributed by atoms with van der Waals surface area (Å²) in [5.74, 6) is -8.05. The highest BCUT2D eigenvalue weighted by Gasteiger charge is 2.43. The highest BCUT2D eigenvalue weighted by molar-refractivity contribution is 5.73. The molecule has 0 radical (unpaired) electrons. The van der Waals surface area contributed by atoms with Gasteiger partial charge in [0.25, 0.3) is 0 Å². The van der Waals surface area contributed by atoms with Crippen LogP contribution >= 0.6 is 0 Å². The van der Waals surface area contributed by atoms with Crippen LogP contribution in [0, 0.1) is 23.3 Å². The summed E-state index contributed by atoms with van der Waals surface area (Å²) in [6.07, 6.45) is 0.534. The first kappa shape index (κ1) is 27.4. The molecule has 0 fully saturated rings. The molecule has 2 nitrogen and oxygen atoms in total. The third-order valence-electron chi connectivity index (χ3n) is 5.96. The number of unbranched alkanes of at least 4 members (excludes halogenated alkanes) is 3. The zero-order valence-corrected chi connectivity index (χ0v) is 20.1. The van der Waals surface area contributed by atoms with Crippen molar-refractivity contribution in [2.45, 2.75) is 64.9 Å².